The third-order valence-corrected chi connectivity index (χ3v) is 3.21. The maximum atomic E-state index is 14.1. The van der Waals surface area contributed by atoms with E-state index in [1.807, 2.05) is 35.2 Å². The molecule has 4 nitrogen and oxygen atoms in total. The van der Waals surface area contributed by atoms with Crippen LogP contribution in [0.25, 0.3) is 0 Å². The van der Waals surface area contributed by atoms with E-state index in [0.717, 1.165) is 5.69 Å². The number of alkyl halides is 1. The van der Waals surface area contributed by atoms with E-state index >= 15 is 0 Å². The van der Waals surface area contributed by atoms with Crippen LogP contribution in [0.15, 0.2) is 30.3 Å². The van der Waals surface area contributed by atoms with E-state index in [2.05, 4.69) is 5.32 Å². The third kappa shape index (κ3) is 4.01. The van der Waals surface area contributed by atoms with Crippen LogP contribution in [0.5, 0.6) is 0 Å². The van der Waals surface area contributed by atoms with Crippen LogP contribution in [0, 0.1) is 0 Å². The summed E-state index contributed by atoms with van der Waals surface area (Å²) in [4.78, 5) is 13.6. The lowest BCUT2D eigenvalue weighted by Gasteiger charge is -2.19. The second-order valence-electron chi connectivity index (χ2n) is 4.96. The molecule has 0 spiro atoms. The van der Waals surface area contributed by atoms with E-state index < -0.39 is 5.67 Å². The quantitative estimate of drug-likeness (QED) is 0.881. The average molecular weight is 266 g/mol. The maximum absolute atomic E-state index is 14.1. The van der Waals surface area contributed by atoms with E-state index in [9.17, 15) is 9.18 Å². The molecular formula is C14H19FN2O2. The van der Waals surface area contributed by atoms with Gasteiger partial charge < -0.3 is 10.1 Å². The Morgan fingerprint density at radius 1 is 1.47 bits per heavy atom. The number of nitrogens with zero attached hydrogens (tertiary/aromatic N) is 1. The predicted molar refractivity (Wildman–Crippen MR) is 71.8 cm³/mol. The fraction of sp³-hybridized carbons (Fsp3) is 0.500. The molecule has 5 heteroatoms. The number of hydrogen-bond donors (Lipinski definition) is 1. The van der Waals surface area contributed by atoms with Gasteiger partial charge in [0.2, 0.25) is 5.91 Å². The van der Waals surface area contributed by atoms with Crippen molar-refractivity contribution in [1.82, 2.24) is 4.90 Å². The summed E-state index contributed by atoms with van der Waals surface area (Å²) in [6, 6.07) is 9.25. The number of halogens is 1. The van der Waals surface area contributed by atoms with Gasteiger partial charge in [-0.25, -0.2) is 4.39 Å². The summed E-state index contributed by atoms with van der Waals surface area (Å²) in [5.41, 5.74) is -0.558. The standard InChI is InChI=1S/C14H19FN2O2/c1-19-11-14(15)7-8-17(10-14)9-13(18)16-12-5-3-2-4-6-12/h2-6H,7-11H2,1H3,(H,16,18). The molecule has 0 aromatic heterocycles. The molecule has 1 aromatic rings. The second kappa shape index (κ2) is 6.12. The Hall–Kier alpha value is -1.46. The molecular weight excluding hydrogens is 247 g/mol. The summed E-state index contributed by atoms with van der Waals surface area (Å²) < 4.78 is 19.0. The van der Waals surface area contributed by atoms with Crippen LogP contribution in [0.2, 0.25) is 0 Å². The summed E-state index contributed by atoms with van der Waals surface area (Å²) in [7, 11) is 1.49. The smallest absolute Gasteiger partial charge is 0.238 e. The zero-order valence-corrected chi connectivity index (χ0v) is 11.1. The zero-order valence-electron chi connectivity index (χ0n) is 11.1. The first-order valence-electron chi connectivity index (χ1n) is 6.36. The number of nitrogens with one attached hydrogen (secondary N) is 1. The molecule has 1 amide bonds. The number of anilines is 1. The number of rotatable bonds is 5. The Bertz CT molecular complexity index is 427. The Morgan fingerprint density at radius 3 is 2.89 bits per heavy atom. The van der Waals surface area contributed by atoms with Gasteiger partial charge in [0, 0.05) is 25.9 Å². The van der Waals surface area contributed by atoms with E-state index in [1.165, 1.54) is 7.11 Å². The van der Waals surface area contributed by atoms with Crippen LogP contribution in [-0.2, 0) is 9.53 Å². The van der Waals surface area contributed by atoms with Crippen LogP contribution in [0.3, 0.4) is 0 Å². The van der Waals surface area contributed by atoms with Gasteiger partial charge in [0.25, 0.3) is 0 Å². The van der Waals surface area contributed by atoms with Crippen molar-refractivity contribution >= 4 is 11.6 Å². The Balaban J connectivity index is 1.81. The molecule has 1 fully saturated rings. The highest BCUT2D eigenvalue weighted by Gasteiger charge is 2.38. The van der Waals surface area contributed by atoms with Gasteiger partial charge in [-0.05, 0) is 18.6 Å². The van der Waals surface area contributed by atoms with E-state index in [-0.39, 0.29) is 25.6 Å². The number of para-hydroxylation sites is 1. The minimum atomic E-state index is -1.32. The molecule has 2 rings (SSSR count). The maximum Gasteiger partial charge on any atom is 0.238 e. The number of carbonyl (C=O) groups is 1. The molecule has 1 heterocycles. The van der Waals surface area contributed by atoms with Gasteiger partial charge in [0.05, 0.1) is 13.2 Å². The summed E-state index contributed by atoms with van der Waals surface area (Å²) in [5, 5.41) is 2.79. The number of carbonyl (C=O) groups excluding carboxylic acids is 1. The second-order valence-corrected chi connectivity index (χ2v) is 4.96. The van der Waals surface area contributed by atoms with Crippen molar-refractivity contribution in [2.24, 2.45) is 0 Å². The van der Waals surface area contributed by atoms with E-state index in [0.29, 0.717) is 13.0 Å². The molecule has 1 saturated heterocycles. The van der Waals surface area contributed by atoms with Crippen LogP contribution in [0.4, 0.5) is 10.1 Å². The van der Waals surface area contributed by atoms with Crippen molar-refractivity contribution in [2.45, 2.75) is 12.1 Å². The van der Waals surface area contributed by atoms with Gasteiger partial charge in [-0.3, -0.25) is 9.69 Å². The van der Waals surface area contributed by atoms with Gasteiger partial charge in [-0.1, -0.05) is 18.2 Å². The Morgan fingerprint density at radius 2 is 2.21 bits per heavy atom. The van der Waals surface area contributed by atoms with Crippen molar-refractivity contribution < 1.29 is 13.9 Å². The molecule has 1 unspecified atom stereocenters. The molecule has 1 aliphatic heterocycles. The van der Waals surface area contributed by atoms with Crippen molar-refractivity contribution in [3.05, 3.63) is 30.3 Å². The highest BCUT2D eigenvalue weighted by molar-refractivity contribution is 5.92. The summed E-state index contributed by atoms with van der Waals surface area (Å²) in [5.74, 6) is -0.118. The molecule has 1 atom stereocenters. The Kier molecular flexibility index (Phi) is 4.50. The topological polar surface area (TPSA) is 41.6 Å². The van der Waals surface area contributed by atoms with Crippen LogP contribution in [-0.4, -0.2) is 49.8 Å². The van der Waals surface area contributed by atoms with Crippen LogP contribution in [0.1, 0.15) is 6.42 Å². The minimum absolute atomic E-state index is 0.0871. The SMILES string of the molecule is COCC1(F)CCN(CC(=O)Nc2ccccc2)C1. The molecule has 1 aliphatic rings. The van der Waals surface area contributed by atoms with Crippen molar-refractivity contribution in [3.8, 4) is 0 Å². The molecule has 0 radical (unpaired) electrons. The van der Waals surface area contributed by atoms with E-state index in [1.54, 1.807) is 0 Å². The van der Waals surface area contributed by atoms with Crippen molar-refractivity contribution in [1.29, 1.82) is 0 Å². The van der Waals surface area contributed by atoms with Crippen LogP contribution >= 0.6 is 0 Å². The lowest BCUT2D eigenvalue weighted by molar-refractivity contribution is -0.117. The largest absolute Gasteiger partial charge is 0.381 e. The molecule has 0 aliphatic carbocycles. The minimum Gasteiger partial charge on any atom is -0.381 e. The van der Waals surface area contributed by atoms with Crippen LogP contribution < -0.4 is 5.32 Å². The molecule has 0 bridgehead atoms. The molecule has 1 N–H and O–H groups in total. The van der Waals surface area contributed by atoms with Gasteiger partial charge in [0.15, 0.2) is 0 Å². The van der Waals surface area contributed by atoms with Crippen molar-refractivity contribution in [3.63, 3.8) is 0 Å². The summed E-state index contributed by atoms with van der Waals surface area (Å²) in [6.45, 7) is 1.14. The number of hydrogen-bond acceptors (Lipinski definition) is 3. The monoisotopic (exact) mass is 266 g/mol. The lowest BCUT2D eigenvalue weighted by atomic mass is 10.1. The highest BCUT2D eigenvalue weighted by atomic mass is 19.1. The first kappa shape index (κ1) is 14.0. The Labute approximate surface area is 112 Å². The first-order valence-corrected chi connectivity index (χ1v) is 6.36. The normalized spacial score (nSPS) is 23.5. The van der Waals surface area contributed by atoms with E-state index in [4.69, 9.17) is 4.74 Å². The van der Waals surface area contributed by atoms with Crippen molar-refractivity contribution in [2.75, 3.05) is 38.7 Å². The zero-order chi connectivity index (χ0) is 13.7. The fourth-order valence-electron chi connectivity index (χ4n) is 2.35. The summed E-state index contributed by atoms with van der Waals surface area (Å²) >= 11 is 0. The predicted octanol–water partition coefficient (Wildman–Crippen LogP) is 1.69. The van der Waals surface area contributed by atoms with Gasteiger partial charge in [0.1, 0.15) is 5.67 Å². The van der Waals surface area contributed by atoms with Gasteiger partial charge in [-0.15, -0.1) is 0 Å². The molecule has 104 valence electrons. The van der Waals surface area contributed by atoms with Gasteiger partial charge >= 0.3 is 0 Å². The first-order chi connectivity index (χ1) is 9.11. The third-order valence-electron chi connectivity index (χ3n) is 3.21. The summed E-state index contributed by atoms with van der Waals surface area (Å²) in [6.07, 6.45) is 0.416. The number of likely N-dealkylation sites (tertiary alicyclic amines) is 1. The lowest BCUT2D eigenvalue weighted by Crippen LogP contribution is -2.36. The number of methoxy groups -OCH3 is 1. The number of amides is 1. The molecule has 19 heavy (non-hydrogen) atoms. The molecule has 1 aromatic carbocycles. The van der Waals surface area contributed by atoms with Gasteiger partial charge in [-0.2, -0.15) is 0 Å². The fourth-order valence-corrected chi connectivity index (χ4v) is 2.35. The average Bonchev–Trinajstić information content (AvgIpc) is 2.72. The number of ether oxygens (including phenoxy) is 1. The number of benzene rings is 1. The molecule has 0 saturated carbocycles. The highest BCUT2D eigenvalue weighted by Crippen LogP contribution is 2.25.